The van der Waals surface area contributed by atoms with Crippen LogP contribution in [0.15, 0.2) is 28.8 Å². The summed E-state index contributed by atoms with van der Waals surface area (Å²) in [6.07, 6.45) is 5.14. The van der Waals surface area contributed by atoms with E-state index in [-0.39, 0.29) is 11.2 Å². The third-order valence-corrected chi connectivity index (χ3v) is 6.01. The average Bonchev–Trinajstić information content (AvgIpc) is 3.35. The van der Waals surface area contributed by atoms with Crippen molar-refractivity contribution in [2.75, 3.05) is 0 Å². The Morgan fingerprint density at radius 1 is 1.22 bits per heavy atom. The molecule has 0 amide bonds. The molecule has 1 fully saturated rings. The van der Waals surface area contributed by atoms with Crippen molar-refractivity contribution < 1.29 is 8.81 Å². The van der Waals surface area contributed by atoms with E-state index in [9.17, 15) is 4.39 Å². The molecule has 2 bridgehead atoms. The lowest BCUT2D eigenvalue weighted by Gasteiger charge is -2.14. The van der Waals surface area contributed by atoms with Gasteiger partial charge in [0.1, 0.15) is 17.3 Å². The van der Waals surface area contributed by atoms with E-state index in [2.05, 4.69) is 25.8 Å². The summed E-state index contributed by atoms with van der Waals surface area (Å²) in [5.74, 6) is 1.84. The van der Waals surface area contributed by atoms with Crippen LogP contribution >= 0.6 is 11.6 Å². The zero-order valence-corrected chi connectivity index (χ0v) is 16.3. The number of benzene rings is 1. The summed E-state index contributed by atoms with van der Waals surface area (Å²) in [6.45, 7) is 6.27. The molecule has 0 radical (unpaired) electrons. The largest absolute Gasteiger partial charge is 0.439 e. The Kier molecular flexibility index (Phi) is 3.57. The normalized spacial score (nSPS) is 21.1. The summed E-state index contributed by atoms with van der Waals surface area (Å²) in [5.41, 5.74) is 3.35. The van der Waals surface area contributed by atoms with E-state index < -0.39 is 0 Å². The van der Waals surface area contributed by atoms with E-state index in [1.54, 1.807) is 23.0 Å². The molecule has 6 heteroatoms. The lowest BCUT2D eigenvalue weighted by atomic mass is 9.94. The van der Waals surface area contributed by atoms with Crippen LogP contribution in [0.5, 0.6) is 0 Å². The second kappa shape index (κ2) is 5.68. The van der Waals surface area contributed by atoms with Gasteiger partial charge in [-0.2, -0.15) is 5.10 Å². The quantitative estimate of drug-likeness (QED) is 0.544. The van der Waals surface area contributed by atoms with Gasteiger partial charge in [-0.05, 0) is 43.4 Å². The molecular weight excluding hydrogens is 365 g/mol. The molecule has 0 N–H and O–H groups in total. The zero-order valence-electron chi connectivity index (χ0n) is 15.6. The number of hydrogen-bond acceptors (Lipinski definition) is 3. The van der Waals surface area contributed by atoms with Gasteiger partial charge in [0, 0.05) is 21.9 Å². The number of hydrogen-bond donors (Lipinski definition) is 0. The molecule has 2 aliphatic carbocycles. The van der Waals surface area contributed by atoms with Gasteiger partial charge >= 0.3 is 0 Å². The van der Waals surface area contributed by atoms with E-state index in [0.29, 0.717) is 28.4 Å². The van der Waals surface area contributed by atoms with Gasteiger partial charge in [-0.15, -0.1) is 0 Å². The molecule has 4 nitrogen and oxygen atoms in total. The van der Waals surface area contributed by atoms with Crippen molar-refractivity contribution in [3.63, 3.8) is 0 Å². The van der Waals surface area contributed by atoms with Gasteiger partial charge in [0.2, 0.25) is 5.89 Å². The van der Waals surface area contributed by atoms with E-state index in [4.69, 9.17) is 21.1 Å². The average molecular weight is 386 g/mol. The first-order valence-corrected chi connectivity index (χ1v) is 9.75. The highest BCUT2D eigenvalue weighted by atomic mass is 35.5. The predicted molar refractivity (Wildman–Crippen MR) is 102 cm³/mol. The molecule has 0 spiro atoms. The van der Waals surface area contributed by atoms with Gasteiger partial charge in [-0.1, -0.05) is 32.4 Å². The zero-order chi connectivity index (χ0) is 18.9. The summed E-state index contributed by atoms with van der Waals surface area (Å²) in [5, 5.41) is 5.16. The van der Waals surface area contributed by atoms with Crippen LogP contribution < -0.4 is 0 Å². The molecule has 2 heterocycles. The number of aromatic nitrogens is 3. The number of rotatable bonds is 2. The third-order valence-electron chi connectivity index (χ3n) is 5.77. The molecule has 0 unspecified atom stereocenters. The molecule has 2 atom stereocenters. The first-order valence-electron chi connectivity index (χ1n) is 9.38. The molecule has 2 aromatic heterocycles. The Balaban J connectivity index is 1.70. The number of halogens is 2. The van der Waals surface area contributed by atoms with Gasteiger partial charge in [0.15, 0.2) is 5.69 Å². The number of oxazole rings is 1. The maximum Gasteiger partial charge on any atom is 0.247 e. The number of nitrogens with zero attached hydrogens (tertiary/aromatic N) is 3. The number of fused-ring (bicyclic) bond motifs is 5. The van der Waals surface area contributed by atoms with E-state index in [0.717, 1.165) is 36.4 Å². The molecule has 140 valence electrons. The van der Waals surface area contributed by atoms with Crippen LogP contribution in [0.3, 0.4) is 0 Å². The minimum absolute atomic E-state index is 0.127. The van der Waals surface area contributed by atoms with Crippen molar-refractivity contribution in [3.05, 3.63) is 52.3 Å². The van der Waals surface area contributed by atoms with Crippen LogP contribution in [0, 0.1) is 5.82 Å². The molecule has 27 heavy (non-hydrogen) atoms. The van der Waals surface area contributed by atoms with Crippen molar-refractivity contribution in [3.8, 4) is 17.3 Å². The Labute approximate surface area is 162 Å². The Bertz CT molecular complexity index is 1050. The SMILES string of the molecule is CC(C)(C)c1cnc(-c2nn(-c3ccc(Cl)cc3F)c3c2[C@@H]2CC[C@H]3C2)o1. The summed E-state index contributed by atoms with van der Waals surface area (Å²) in [7, 11) is 0. The second-order valence-corrected chi connectivity index (χ2v) is 9.08. The van der Waals surface area contributed by atoms with Crippen molar-refractivity contribution >= 4 is 11.6 Å². The van der Waals surface area contributed by atoms with Crippen molar-refractivity contribution in [1.29, 1.82) is 0 Å². The minimum atomic E-state index is -0.370. The minimum Gasteiger partial charge on any atom is -0.439 e. The summed E-state index contributed by atoms with van der Waals surface area (Å²) in [6, 6.07) is 4.72. The van der Waals surface area contributed by atoms with Gasteiger partial charge in [0.05, 0.1) is 11.9 Å². The van der Waals surface area contributed by atoms with E-state index >= 15 is 0 Å². The standard InChI is InChI=1S/C21H21ClFN3O/c1-21(2,3)16-10-24-20(27-16)18-17-11-4-5-12(8-11)19(17)26(25-18)15-7-6-13(22)9-14(15)23/h6-7,9-12H,4-5,8H2,1-3H3/t11-,12+/m1/s1. The molecule has 0 aliphatic heterocycles. The first-order chi connectivity index (χ1) is 12.8. The van der Waals surface area contributed by atoms with Crippen molar-refractivity contribution in [2.24, 2.45) is 0 Å². The fourth-order valence-corrected chi connectivity index (χ4v) is 4.61. The lowest BCUT2D eigenvalue weighted by molar-refractivity contribution is 0.414. The monoisotopic (exact) mass is 385 g/mol. The maximum absolute atomic E-state index is 14.6. The van der Waals surface area contributed by atoms with Gasteiger partial charge in [-0.3, -0.25) is 0 Å². The third kappa shape index (κ3) is 2.55. The van der Waals surface area contributed by atoms with Crippen LogP contribution in [0.2, 0.25) is 5.02 Å². The van der Waals surface area contributed by atoms with Crippen LogP contribution in [0.4, 0.5) is 4.39 Å². The molecular formula is C21H21ClFN3O. The molecule has 5 rings (SSSR count). The molecule has 0 saturated heterocycles. The van der Waals surface area contributed by atoms with Crippen LogP contribution in [-0.4, -0.2) is 14.8 Å². The molecule has 1 aromatic carbocycles. The van der Waals surface area contributed by atoms with Gasteiger partial charge in [0.25, 0.3) is 0 Å². The fourth-order valence-electron chi connectivity index (χ4n) is 4.46. The highest BCUT2D eigenvalue weighted by Crippen LogP contribution is 2.56. The highest BCUT2D eigenvalue weighted by Gasteiger charge is 2.44. The highest BCUT2D eigenvalue weighted by molar-refractivity contribution is 6.30. The topological polar surface area (TPSA) is 43.9 Å². The Morgan fingerprint density at radius 3 is 2.70 bits per heavy atom. The predicted octanol–water partition coefficient (Wildman–Crippen LogP) is 5.98. The first kappa shape index (κ1) is 17.0. The van der Waals surface area contributed by atoms with Crippen molar-refractivity contribution in [1.82, 2.24) is 14.8 Å². The summed E-state index contributed by atoms with van der Waals surface area (Å²) >= 11 is 5.94. The second-order valence-electron chi connectivity index (χ2n) is 8.64. The molecule has 2 aliphatic rings. The maximum atomic E-state index is 14.6. The van der Waals surface area contributed by atoms with Crippen LogP contribution in [0.1, 0.15) is 68.9 Å². The Hall–Kier alpha value is -2.14. The lowest BCUT2D eigenvalue weighted by Crippen LogP contribution is -2.09. The Morgan fingerprint density at radius 2 is 2.00 bits per heavy atom. The van der Waals surface area contributed by atoms with E-state index in [1.807, 2.05) is 0 Å². The van der Waals surface area contributed by atoms with Gasteiger partial charge in [-0.25, -0.2) is 14.1 Å². The molecule has 1 saturated carbocycles. The van der Waals surface area contributed by atoms with Crippen molar-refractivity contribution in [2.45, 2.75) is 57.3 Å². The summed E-state index contributed by atoms with van der Waals surface area (Å²) in [4.78, 5) is 4.50. The smallest absolute Gasteiger partial charge is 0.247 e. The van der Waals surface area contributed by atoms with Gasteiger partial charge < -0.3 is 4.42 Å². The van der Waals surface area contributed by atoms with Crippen LogP contribution in [0.25, 0.3) is 17.3 Å². The molecule has 3 aromatic rings. The summed E-state index contributed by atoms with van der Waals surface area (Å²) < 4.78 is 22.4. The fraction of sp³-hybridized carbons (Fsp3) is 0.429. The van der Waals surface area contributed by atoms with Crippen LogP contribution in [-0.2, 0) is 5.41 Å². The van der Waals surface area contributed by atoms with E-state index in [1.165, 1.54) is 11.6 Å².